The van der Waals surface area contributed by atoms with Gasteiger partial charge in [0.15, 0.2) is 0 Å². The highest BCUT2D eigenvalue weighted by atomic mass is 32.2. The molecule has 0 saturated carbocycles. The second-order valence-corrected chi connectivity index (χ2v) is 3.45. The minimum atomic E-state index is 0.390. The molecule has 0 N–H and O–H groups in total. The summed E-state index contributed by atoms with van der Waals surface area (Å²) in [5, 5.41) is 0.390. The zero-order chi connectivity index (χ0) is 8.10. The van der Waals surface area contributed by atoms with Crippen LogP contribution in [0.1, 0.15) is 10.9 Å². The van der Waals surface area contributed by atoms with Gasteiger partial charge in [-0.3, -0.25) is 0 Å². The topological polar surface area (TPSA) is 25.8 Å². The van der Waals surface area contributed by atoms with Gasteiger partial charge >= 0.3 is 0 Å². The van der Waals surface area contributed by atoms with Crippen LogP contribution in [0.2, 0.25) is 0 Å². The van der Waals surface area contributed by atoms with Crippen LogP contribution < -0.4 is 0 Å². The lowest BCUT2D eigenvalue weighted by atomic mass is 10.3. The molecule has 1 heterocycles. The average molecular weight is 186 g/mol. The Kier molecular flexibility index (Phi) is 3.72. The molecular formula is C7H10N2S2. The van der Waals surface area contributed by atoms with Gasteiger partial charge in [0.05, 0.1) is 10.9 Å². The van der Waals surface area contributed by atoms with Crippen molar-refractivity contribution in [3.05, 3.63) is 24.3 Å². The molecule has 0 aliphatic rings. The summed E-state index contributed by atoms with van der Waals surface area (Å²) < 4.78 is 0. The number of hydrogen-bond acceptors (Lipinski definition) is 4. The largest absolute Gasteiger partial charge is 0.245 e. The van der Waals surface area contributed by atoms with Gasteiger partial charge in [0.1, 0.15) is 6.33 Å². The lowest BCUT2D eigenvalue weighted by molar-refractivity contribution is 0.990. The Hall–Kier alpha value is -0.220. The second kappa shape index (κ2) is 4.62. The minimum absolute atomic E-state index is 0.390. The number of aromatic nitrogens is 2. The Morgan fingerprint density at radius 2 is 2.55 bits per heavy atom. The minimum Gasteiger partial charge on any atom is -0.245 e. The van der Waals surface area contributed by atoms with Gasteiger partial charge in [0, 0.05) is 11.9 Å². The van der Waals surface area contributed by atoms with Crippen LogP contribution in [0.4, 0.5) is 0 Å². The number of hydrogen-bond donors (Lipinski definition) is 1. The number of thioether (sulfide) groups is 1. The SMILES string of the molecule is CSC(CS)c1ccncn1. The van der Waals surface area contributed by atoms with E-state index in [9.17, 15) is 0 Å². The van der Waals surface area contributed by atoms with Gasteiger partial charge in [-0.2, -0.15) is 24.4 Å². The summed E-state index contributed by atoms with van der Waals surface area (Å²) in [4.78, 5) is 7.99. The molecule has 1 aromatic rings. The molecule has 1 rings (SSSR count). The Bertz CT molecular complexity index is 199. The van der Waals surface area contributed by atoms with E-state index in [2.05, 4.69) is 28.9 Å². The summed E-state index contributed by atoms with van der Waals surface area (Å²) in [6.07, 6.45) is 5.39. The number of thiol groups is 1. The van der Waals surface area contributed by atoms with E-state index in [1.807, 2.05) is 6.07 Å². The van der Waals surface area contributed by atoms with Gasteiger partial charge in [-0.15, -0.1) is 0 Å². The first-order valence-corrected chi connectivity index (χ1v) is 5.20. The smallest absolute Gasteiger partial charge is 0.115 e. The highest BCUT2D eigenvalue weighted by Crippen LogP contribution is 2.24. The molecule has 1 aromatic heterocycles. The Balaban J connectivity index is 2.74. The van der Waals surface area contributed by atoms with Crippen LogP contribution in [0.5, 0.6) is 0 Å². The third-order valence-corrected chi connectivity index (χ3v) is 2.97. The molecule has 2 nitrogen and oxygen atoms in total. The van der Waals surface area contributed by atoms with Crippen LogP contribution in [0.25, 0.3) is 0 Å². The van der Waals surface area contributed by atoms with E-state index in [-0.39, 0.29) is 0 Å². The molecule has 11 heavy (non-hydrogen) atoms. The molecule has 4 heteroatoms. The van der Waals surface area contributed by atoms with Gasteiger partial charge < -0.3 is 0 Å². The molecule has 1 atom stereocenters. The standard InChI is InChI=1S/C7H10N2S2/c1-11-7(4-10)6-2-3-8-5-9-6/h2-3,5,7,10H,4H2,1H3. The van der Waals surface area contributed by atoms with Crippen molar-refractivity contribution in [3.8, 4) is 0 Å². The van der Waals surface area contributed by atoms with E-state index in [1.54, 1.807) is 24.3 Å². The molecule has 0 aliphatic heterocycles. The first-order chi connectivity index (χ1) is 5.38. The Morgan fingerprint density at radius 3 is 3.00 bits per heavy atom. The molecule has 60 valence electrons. The van der Waals surface area contributed by atoms with Gasteiger partial charge in [0.2, 0.25) is 0 Å². The Labute approximate surface area is 76.2 Å². The fraction of sp³-hybridized carbons (Fsp3) is 0.429. The van der Waals surface area contributed by atoms with Gasteiger partial charge in [-0.1, -0.05) is 0 Å². The normalized spacial score (nSPS) is 12.9. The molecule has 0 aromatic carbocycles. The van der Waals surface area contributed by atoms with E-state index in [0.717, 1.165) is 11.4 Å². The second-order valence-electron chi connectivity index (χ2n) is 2.04. The third-order valence-electron chi connectivity index (χ3n) is 1.39. The fourth-order valence-electron chi connectivity index (χ4n) is 0.780. The summed E-state index contributed by atoms with van der Waals surface area (Å²) in [6.45, 7) is 0. The van der Waals surface area contributed by atoms with Crippen LogP contribution in [0.3, 0.4) is 0 Å². The van der Waals surface area contributed by atoms with Crippen LogP contribution >= 0.6 is 24.4 Å². The monoisotopic (exact) mass is 186 g/mol. The molecule has 0 spiro atoms. The van der Waals surface area contributed by atoms with Crippen LogP contribution in [0.15, 0.2) is 18.6 Å². The molecule has 0 saturated heterocycles. The first-order valence-electron chi connectivity index (χ1n) is 3.28. The fourth-order valence-corrected chi connectivity index (χ4v) is 1.94. The zero-order valence-corrected chi connectivity index (χ0v) is 7.98. The molecule has 0 radical (unpaired) electrons. The molecule has 0 amide bonds. The van der Waals surface area contributed by atoms with E-state index in [4.69, 9.17) is 0 Å². The highest BCUT2D eigenvalue weighted by Gasteiger charge is 2.07. The van der Waals surface area contributed by atoms with Crippen molar-refractivity contribution >= 4 is 24.4 Å². The van der Waals surface area contributed by atoms with E-state index in [1.165, 1.54) is 0 Å². The van der Waals surface area contributed by atoms with Crippen molar-refractivity contribution in [3.63, 3.8) is 0 Å². The van der Waals surface area contributed by atoms with Crippen molar-refractivity contribution in [1.29, 1.82) is 0 Å². The van der Waals surface area contributed by atoms with Crippen molar-refractivity contribution in [1.82, 2.24) is 9.97 Å². The maximum absolute atomic E-state index is 4.23. The van der Waals surface area contributed by atoms with Crippen LogP contribution in [-0.4, -0.2) is 22.0 Å². The van der Waals surface area contributed by atoms with Gasteiger partial charge in [0.25, 0.3) is 0 Å². The summed E-state index contributed by atoms with van der Waals surface area (Å²) in [6, 6.07) is 1.93. The van der Waals surface area contributed by atoms with Crippen molar-refractivity contribution < 1.29 is 0 Å². The van der Waals surface area contributed by atoms with E-state index < -0.39 is 0 Å². The van der Waals surface area contributed by atoms with Crippen molar-refractivity contribution in [2.75, 3.05) is 12.0 Å². The molecule has 0 aliphatic carbocycles. The molecule has 0 bridgehead atoms. The van der Waals surface area contributed by atoms with E-state index >= 15 is 0 Å². The lowest BCUT2D eigenvalue weighted by Gasteiger charge is -2.08. The summed E-state index contributed by atoms with van der Waals surface area (Å²) in [7, 11) is 0. The highest BCUT2D eigenvalue weighted by molar-refractivity contribution is 7.99. The molecule has 1 unspecified atom stereocenters. The zero-order valence-electron chi connectivity index (χ0n) is 6.27. The lowest BCUT2D eigenvalue weighted by Crippen LogP contribution is -1.97. The third kappa shape index (κ3) is 2.38. The Morgan fingerprint density at radius 1 is 1.73 bits per heavy atom. The van der Waals surface area contributed by atoms with Crippen molar-refractivity contribution in [2.45, 2.75) is 5.25 Å². The first kappa shape index (κ1) is 8.87. The number of nitrogens with zero attached hydrogens (tertiary/aromatic N) is 2. The summed E-state index contributed by atoms with van der Waals surface area (Å²) in [5.41, 5.74) is 1.06. The van der Waals surface area contributed by atoms with E-state index in [0.29, 0.717) is 5.25 Å². The van der Waals surface area contributed by atoms with Crippen LogP contribution in [0, 0.1) is 0 Å². The predicted molar refractivity (Wildman–Crippen MR) is 52.1 cm³/mol. The van der Waals surface area contributed by atoms with Gasteiger partial charge in [-0.25, -0.2) is 9.97 Å². The molecular weight excluding hydrogens is 176 g/mol. The molecule has 0 fully saturated rings. The summed E-state index contributed by atoms with van der Waals surface area (Å²) in [5.74, 6) is 0.818. The summed E-state index contributed by atoms with van der Waals surface area (Å²) >= 11 is 5.98. The number of rotatable bonds is 3. The maximum atomic E-state index is 4.23. The maximum Gasteiger partial charge on any atom is 0.115 e. The van der Waals surface area contributed by atoms with Crippen molar-refractivity contribution in [2.24, 2.45) is 0 Å². The van der Waals surface area contributed by atoms with Gasteiger partial charge in [-0.05, 0) is 12.3 Å². The predicted octanol–water partition coefficient (Wildman–Crippen LogP) is 1.81. The quantitative estimate of drug-likeness (QED) is 0.729. The van der Waals surface area contributed by atoms with Crippen LogP contribution in [-0.2, 0) is 0 Å². The average Bonchev–Trinajstić information content (AvgIpc) is 2.09.